The van der Waals surface area contributed by atoms with Gasteiger partial charge >= 0.3 is 0 Å². The van der Waals surface area contributed by atoms with E-state index in [1.54, 1.807) is 0 Å². The van der Waals surface area contributed by atoms with Gasteiger partial charge in [-0.1, -0.05) is 22.9 Å². The minimum atomic E-state index is 0.309. The molecule has 0 unspecified atom stereocenters. The second-order valence-corrected chi connectivity index (χ2v) is 5.74. The molecule has 1 fully saturated rings. The van der Waals surface area contributed by atoms with Crippen LogP contribution in [0.3, 0.4) is 0 Å². The van der Waals surface area contributed by atoms with Crippen molar-refractivity contribution in [3.63, 3.8) is 0 Å². The number of rotatable bonds is 3. The van der Waals surface area contributed by atoms with Gasteiger partial charge in [0.2, 0.25) is 0 Å². The highest BCUT2D eigenvalue weighted by molar-refractivity contribution is 7.16. The second kappa shape index (κ2) is 5.67. The van der Waals surface area contributed by atoms with E-state index in [9.17, 15) is 0 Å². The van der Waals surface area contributed by atoms with Gasteiger partial charge in [0.05, 0.1) is 0 Å². The van der Waals surface area contributed by atoms with Gasteiger partial charge in [-0.15, -0.1) is 0 Å². The lowest BCUT2D eigenvalue weighted by Gasteiger charge is -2.28. The first kappa shape index (κ1) is 12.6. The standard InChI is InChI=1S/C11H15ClN4S/c1-16-4-2-8(3-5-16)7-14-11-15-10(12)9(6-13)17-11/h8H,2-5,7H2,1H3,(H,14,15). The average molecular weight is 271 g/mol. The van der Waals surface area contributed by atoms with Crippen LogP contribution in [-0.4, -0.2) is 36.6 Å². The maximum Gasteiger partial charge on any atom is 0.185 e. The molecule has 1 aromatic rings. The molecule has 0 aliphatic carbocycles. The number of halogens is 1. The molecular formula is C11H15ClN4S. The highest BCUT2D eigenvalue weighted by Gasteiger charge is 2.17. The van der Waals surface area contributed by atoms with Crippen LogP contribution in [0.2, 0.25) is 5.15 Å². The number of likely N-dealkylation sites (tertiary alicyclic amines) is 1. The molecule has 1 N–H and O–H groups in total. The Balaban J connectivity index is 1.83. The van der Waals surface area contributed by atoms with Crippen LogP contribution in [0.5, 0.6) is 0 Å². The van der Waals surface area contributed by atoms with Gasteiger partial charge < -0.3 is 10.2 Å². The summed E-state index contributed by atoms with van der Waals surface area (Å²) in [4.78, 5) is 6.96. The predicted molar refractivity (Wildman–Crippen MR) is 70.5 cm³/mol. The van der Waals surface area contributed by atoms with Crippen molar-refractivity contribution in [3.05, 3.63) is 10.0 Å². The Morgan fingerprint density at radius 3 is 2.88 bits per heavy atom. The molecule has 2 heterocycles. The number of hydrogen-bond acceptors (Lipinski definition) is 5. The summed E-state index contributed by atoms with van der Waals surface area (Å²) in [5, 5.41) is 13.1. The number of hydrogen-bond donors (Lipinski definition) is 1. The van der Waals surface area contributed by atoms with Gasteiger partial charge in [0.1, 0.15) is 10.9 Å². The van der Waals surface area contributed by atoms with Crippen molar-refractivity contribution < 1.29 is 0 Å². The molecule has 2 rings (SSSR count). The lowest BCUT2D eigenvalue weighted by Crippen LogP contribution is -2.32. The van der Waals surface area contributed by atoms with Gasteiger partial charge in [-0.05, 0) is 38.9 Å². The lowest BCUT2D eigenvalue weighted by molar-refractivity contribution is 0.226. The third-order valence-electron chi connectivity index (χ3n) is 3.07. The minimum Gasteiger partial charge on any atom is -0.361 e. The summed E-state index contributed by atoms with van der Waals surface area (Å²) in [6, 6.07) is 2.04. The van der Waals surface area contributed by atoms with E-state index in [2.05, 4.69) is 22.2 Å². The number of piperidine rings is 1. The molecule has 0 spiro atoms. The normalized spacial score (nSPS) is 17.9. The largest absolute Gasteiger partial charge is 0.361 e. The number of nitriles is 1. The molecule has 0 atom stereocenters. The van der Waals surface area contributed by atoms with E-state index >= 15 is 0 Å². The molecule has 6 heteroatoms. The van der Waals surface area contributed by atoms with Crippen LogP contribution in [0, 0.1) is 17.2 Å². The van der Waals surface area contributed by atoms with Crippen LogP contribution < -0.4 is 5.32 Å². The second-order valence-electron chi connectivity index (χ2n) is 4.38. The smallest absolute Gasteiger partial charge is 0.185 e. The van der Waals surface area contributed by atoms with E-state index in [1.165, 1.54) is 24.2 Å². The number of thiazole rings is 1. The molecule has 0 amide bonds. The van der Waals surface area contributed by atoms with Crippen LogP contribution in [0.15, 0.2) is 0 Å². The maximum atomic E-state index is 8.78. The quantitative estimate of drug-likeness (QED) is 0.917. The van der Waals surface area contributed by atoms with Crippen LogP contribution in [0.25, 0.3) is 0 Å². The van der Waals surface area contributed by atoms with E-state index in [-0.39, 0.29) is 0 Å². The van der Waals surface area contributed by atoms with Crippen molar-refractivity contribution in [2.75, 3.05) is 32.0 Å². The fourth-order valence-corrected chi connectivity index (χ4v) is 2.90. The first-order valence-electron chi connectivity index (χ1n) is 5.68. The summed E-state index contributed by atoms with van der Waals surface area (Å²) in [5.74, 6) is 0.694. The zero-order chi connectivity index (χ0) is 12.3. The lowest BCUT2D eigenvalue weighted by atomic mass is 9.97. The molecule has 1 aliphatic rings. The zero-order valence-electron chi connectivity index (χ0n) is 9.74. The van der Waals surface area contributed by atoms with Crippen molar-refractivity contribution in [1.29, 1.82) is 5.26 Å². The van der Waals surface area contributed by atoms with E-state index in [4.69, 9.17) is 16.9 Å². The summed E-state index contributed by atoms with van der Waals surface area (Å²) >= 11 is 7.14. The van der Waals surface area contributed by atoms with Gasteiger partial charge in [0, 0.05) is 6.54 Å². The third kappa shape index (κ3) is 3.32. The van der Waals surface area contributed by atoms with E-state index in [0.29, 0.717) is 15.9 Å². The Hall–Kier alpha value is -0.830. The van der Waals surface area contributed by atoms with Crippen LogP contribution >= 0.6 is 22.9 Å². The van der Waals surface area contributed by atoms with Gasteiger partial charge in [-0.3, -0.25) is 0 Å². The summed E-state index contributed by atoms with van der Waals surface area (Å²) in [5.41, 5.74) is 0. The molecule has 0 bridgehead atoms. The van der Waals surface area contributed by atoms with E-state index in [0.717, 1.165) is 24.8 Å². The van der Waals surface area contributed by atoms with E-state index < -0.39 is 0 Å². The Morgan fingerprint density at radius 2 is 2.29 bits per heavy atom. The average Bonchev–Trinajstić information content (AvgIpc) is 2.69. The fourth-order valence-electron chi connectivity index (χ4n) is 1.94. The summed E-state index contributed by atoms with van der Waals surface area (Å²) in [7, 11) is 2.16. The van der Waals surface area contributed by atoms with Crippen molar-refractivity contribution >= 4 is 28.1 Å². The Bertz CT molecular complexity index is 418. The summed E-state index contributed by atoms with van der Waals surface area (Å²) in [6.07, 6.45) is 2.43. The third-order valence-corrected chi connectivity index (χ3v) is 4.37. The molecule has 92 valence electrons. The molecule has 17 heavy (non-hydrogen) atoms. The van der Waals surface area contributed by atoms with Crippen molar-refractivity contribution in [2.24, 2.45) is 5.92 Å². The van der Waals surface area contributed by atoms with Gasteiger partial charge in [0.25, 0.3) is 0 Å². The monoisotopic (exact) mass is 270 g/mol. The first-order valence-corrected chi connectivity index (χ1v) is 6.87. The van der Waals surface area contributed by atoms with Crippen LogP contribution in [0.1, 0.15) is 17.7 Å². The minimum absolute atomic E-state index is 0.309. The molecule has 4 nitrogen and oxygen atoms in total. The number of nitrogens with one attached hydrogen (secondary N) is 1. The fraction of sp³-hybridized carbons (Fsp3) is 0.636. The SMILES string of the molecule is CN1CCC(CNc2nc(Cl)c(C#N)s2)CC1. The topological polar surface area (TPSA) is 52.0 Å². The van der Waals surface area contributed by atoms with Gasteiger partial charge in [-0.2, -0.15) is 5.26 Å². The van der Waals surface area contributed by atoms with Crippen LogP contribution in [0.4, 0.5) is 5.13 Å². The van der Waals surface area contributed by atoms with Crippen molar-refractivity contribution in [3.8, 4) is 6.07 Å². The molecule has 0 saturated carbocycles. The predicted octanol–water partition coefficient (Wildman–Crippen LogP) is 2.42. The molecule has 0 aromatic carbocycles. The Labute approximate surface area is 110 Å². The highest BCUT2D eigenvalue weighted by atomic mass is 35.5. The first-order chi connectivity index (χ1) is 8.19. The van der Waals surface area contributed by atoms with Gasteiger partial charge in [-0.25, -0.2) is 4.98 Å². The van der Waals surface area contributed by atoms with Crippen molar-refractivity contribution in [2.45, 2.75) is 12.8 Å². The van der Waals surface area contributed by atoms with Crippen LogP contribution in [-0.2, 0) is 0 Å². The van der Waals surface area contributed by atoms with E-state index in [1.807, 2.05) is 6.07 Å². The molecule has 0 radical (unpaired) electrons. The van der Waals surface area contributed by atoms with Crippen molar-refractivity contribution in [1.82, 2.24) is 9.88 Å². The highest BCUT2D eigenvalue weighted by Crippen LogP contribution is 2.26. The molecule has 1 saturated heterocycles. The molecular weight excluding hydrogens is 256 g/mol. The zero-order valence-corrected chi connectivity index (χ0v) is 11.3. The summed E-state index contributed by atoms with van der Waals surface area (Å²) < 4.78 is 0. The maximum absolute atomic E-state index is 8.78. The van der Waals surface area contributed by atoms with Gasteiger partial charge in [0.15, 0.2) is 10.3 Å². The number of nitrogens with zero attached hydrogens (tertiary/aromatic N) is 3. The summed E-state index contributed by atoms with van der Waals surface area (Å²) in [6.45, 7) is 3.24. The Morgan fingerprint density at radius 1 is 1.59 bits per heavy atom. The molecule has 1 aromatic heterocycles. The number of aromatic nitrogens is 1. The Kier molecular flexibility index (Phi) is 4.21. The molecule has 1 aliphatic heterocycles. The number of anilines is 1.